The van der Waals surface area contributed by atoms with Crippen molar-refractivity contribution in [1.82, 2.24) is 31.3 Å². The number of carbonyl (C=O) groups is 2. The van der Waals surface area contributed by atoms with Gasteiger partial charge in [-0.2, -0.15) is 5.21 Å². The molecule has 1 aromatic heterocycles. The van der Waals surface area contributed by atoms with Gasteiger partial charge in [0.1, 0.15) is 5.60 Å². The zero-order valence-electron chi connectivity index (χ0n) is 28.2. The first-order valence-electron chi connectivity index (χ1n) is 15.8. The summed E-state index contributed by atoms with van der Waals surface area (Å²) in [5.41, 5.74) is 0.351. The van der Waals surface area contributed by atoms with E-state index < -0.39 is 29.8 Å². The van der Waals surface area contributed by atoms with E-state index in [9.17, 15) is 14.7 Å². The lowest BCUT2D eigenvalue weighted by molar-refractivity contribution is -0.125. The smallest absolute Gasteiger partial charge is 0.407 e. The molecule has 4 atom stereocenters. The van der Waals surface area contributed by atoms with Crippen molar-refractivity contribution < 1.29 is 33.6 Å². The maximum Gasteiger partial charge on any atom is 0.407 e. The van der Waals surface area contributed by atoms with E-state index in [1.54, 1.807) is 41.9 Å². The zero-order chi connectivity index (χ0) is 33.4. The molecule has 45 heavy (non-hydrogen) atoms. The van der Waals surface area contributed by atoms with Crippen molar-refractivity contribution in [1.29, 1.82) is 0 Å². The summed E-state index contributed by atoms with van der Waals surface area (Å²) in [6, 6.07) is 5.25. The number of rotatable bonds is 20. The lowest BCUT2D eigenvalue weighted by Crippen LogP contribution is -2.48. The summed E-state index contributed by atoms with van der Waals surface area (Å²) in [4.78, 5) is 25.7. The Balaban J connectivity index is 2.12. The number of aryl methyl sites for hydroxylation is 1. The van der Waals surface area contributed by atoms with Crippen molar-refractivity contribution in [3.8, 4) is 11.5 Å². The van der Waals surface area contributed by atoms with Crippen molar-refractivity contribution in [2.24, 2.45) is 17.8 Å². The van der Waals surface area contributed by atoms with Crippen LogP contribution >= 0.6 is 0 Å². The normalized spacial score (nSPS) is 14.4. The van der Waals surface area contributed by atoms with Crippen molar-refractivity contribution >= 4 is 12.0 Å². The van der Waals surface area contributed by atoms with Gasteiger partial charge in [-0.1, -0.05) is 32.1 Å². The molecule has 0 aliphatic rings. The summed E-state index contributed by atoms with van der Waals surface area (Å²) < 4.78 is 22.1. The summed E-state index contributed by atoms with van der Waals surface area (Å²) in [5.74, 6) is 1.56. The molecule has 1 heterocycles. The van der Waals surface area contributed by atoms with E-state index in [4.69, 9.17) is 18.9 Å². The maximum atomic E-state index is 12.9. The molecule has 2 amide bonds. The Bertz CT molecular complexity index is 1140. The molecule has 0 fully saturated rings. The molecule has 0 aliphatic heterocycles. The van der Waals surface area contributed by atoms with E-state index in [1.807, 2.05) is 18.2 Å². The first-order chi connectivity index (χ1) is 21.3. The number of nitrogens with one attached hydrogen (secondary N) is 3. The Morgan fingerprint density at radius 3 is 2.42 bits per heavy atom. The van der Waals surface area contributed by atoms with Crippen LogP contribution in [0.15, 0.2) is 18.2 Å². The molecule has 254 valence electrons. The monoisotopic (exact) mass is 634 g/mol. The van der Waals surface area contributed by atoms with Gasteiger partial charge in [0.15, 0.2) is 17.3 Å². The van der Waals surface area contributed by atoms with Gasteiger partial charge < -0.3 is 34.7 Å². The number of aliphatic hydroxyl groups excluding tert-OH is 1. The third-order valence-electron chi connectivity index (χ3n) is 7.45. The second-order valence-electron chi connectivity index (χ2n) is 12.8. The van der Waals surface area contributed by atoms with E-state index in [-0.39, 0.29) is 24.2 Å². The Kier molecular flexibility index (Phi) is 16.1. The van der Waals surface area contributed by atoms with Crippen LogP contribution in [0.3, 0.4) is 0 Å². The summed E-state index contributed by atoms with van der Waals surface area (Å²) in [6.07, 6.45) is 1.75. The highest BCUT2D eigenvalue weighted by atomic mass is 16.6. The molecule has 13 nitrogen and oxygen atoms in total. The topological polar surface area (TPSA) is 170 Å². The highest BCUT2D eigenvalue weighted by Gasteiger charge is 2.31. The van der Waals surface area contributed by atoms with Crippen LogP contribution in [0.5, 0.6) is 11.5 Å². The summed E-state index contributed by atoms with van der Waals surface area (Å²) >= 11 is 0. The lowest BCUT2D eigenvalue weighted by Gasteiger charge is -2.32. The molecule has 0 bridgehead atoms. The summed E-state index contributed by atoms with van der Waals surface area (Å²) in [5, 5.41) is 31.0. The quantitative estimate of drug-likeness (QED) is 0.157. The van der Waals surface area contributed by atoms with E-state index in [1.165, 1.54) is 0 Å². The molecule has 2 rings (SSSR count). The largest absolute Gasteiger partial charge is 0.493 e. The van der Waals surface area contributed by atoms with Crippen LogP contribution in [-0.4, -0.2) is 89.5 Å². The molecular weight excluding hydrogens is 580 g/mol. The number of ether oxygens (including phenoxy) is 4. The van der Waals surface area contributed by atoms with Crippen molar-refractivity contribution in [3.63, 3.8) is 0 Å². The second-order valence-corrected chi connectivity index (χ2v) is 12.8. The number of hydrogen-bond donors (Lipinski definition) is 4. The van der Waals surface area contributed by atoms with Gasteiger partial charge in [-0.25, -0.2) is 4.79 Å². The molecule has 2 aromatic rings. The molecule has 0 spiro atoms. The average Bonchev–Trinajstić information content (AvgIpc) is 3.49. The van der Waals surface area contributed by atoms with E-state index in [0.29, 0.717) is 62.8 Å². The lowest BCUT2D eigenvalue weighted by atomic mass is 9.82. The van der Waals surface area contributed by atoms with Crippen LogP contribution in [0.1, 0.15) is 78.6 Å². The molecule has 13 heteroatoms. The second kappa shape index (κ2) is 19.2. The highest BCUT2D eigenvalue weighted by Crippen LogP contribution is 2.32. The number of benzene rings is 1. The predicted octanol–water partition coefficient (Wildman–Crippen LogP) is 3.86. The van der Waals surface area contributed by atoms with Crippen LogP contribution in [0.2, 0.25) is 0 Å². The minimum Gasteiger partial charge on any atom is -0.493 e. The van der Waals surface area contributed by atoms with E-state index >= 15 is 0 Å². The standard InChI is InChI=1S/C32H54N6O7/c1-21(2)24(18-23-12-13-27(43-8)28(19-23)44-16-10-15-42-7)20-25(34-31(41)45-32(4,5)6)26(39)17-22(3)30(40)33-14-9-11-29-35-37-38-36-29/h12-13,19,21-22,24-26,39H,9-11,14-18,20H2,1-8H3,(H,33,40)(H,34,41)(H,35,36,37,38)/t22-,24+,25+,26+/m1/s1. The van der Waals surface area contributed by atoms with Crippen LogP contribution in [0.25, 0.3) is 0 Å². The molecule has 0 unspecified atom stereocenters. The minimum atomic E-state index is -0.977. The van der Waals surface area contributed by atoms with Gasteiger partial charge in [0.05, 0.1) is 25.9 Å². The van der Waals surface area contributed by atoms with Gasteiger partial charge in [0, 0.05) is 39.0 Å². The number of tetrazole rings is 1. The molecule has 0 aliphatic carbocycles. The Hall–Kier alpha value is -3.45. The van der Waals surface area contributed by atoms with Gasteiger partial charge in [0.25, 0.3) is 0 Å². The first kappa shape index (κ1) is 37.7. The average molecular weight is 635 g/mol. The van der Waals surface area contributed by atoms with Gasteiger partial charge in [-0.3, -0.25) is 4.79 Å². The number of nitrogens with zero attached hydrogens (tertiary/aromatic N) is 3. The number of alkyl carbamates (subject to hydrolysis) is 1. The summed E-state index contributed by atoms with van der Waals surface area (Å²) in [7, 11) is 3.27. The first-order valence-corrected chi connectivity index (χ1v) is 15.8. The van der Waals surface area contributed by atoms with Gasteiger partial charge in [-0.05, 0) is 76.0 Å². The van der Waals surface area contributed by atoms with Crippen LogP contribution < -0.4 is 20.1 Å². The predicted molar refractivity (Wildman–Crippen MR) is 170 cm³/mol. The van der Waals surface area contributed by atoms with Crippen LogP contribution in [0.4, 0.5) is 4.79 Å². The molecule has 1 aromatic carbocycles. The fraction of sp³-hybridized carbons (Fsp3) is 0.719. The third-order valence-corrected chi connectivity index (χ3v) is 7.45. The molecule has 0 radical (unpaired) electrons. The number of amides is 2. The number of aromatic nitrogens is 4. The third kappa shape index (κ3) is 14.5. The minimum absolute atomic E-state index is 0.0867. The number of methoxy groups -OCH3 is 2. The van der Waals surface area contributed by atoms with Crippen molar-refractivity contribution in [2.45, 2.75) is 97.8 Å². The van der Waals surface area contributed by atoms with Crippen molar-refractivity contribution in [2.75, 3.05) is 34.0 Å². The Morgan fingerprint density at radius 2 is 1.80 bits per heavy atom. The van der Waals surface area contributed by atoms with Gasteiger partial charge in [-0.15, -0.1) is 10.2 Å². The molecule has 0 saturated heterocycles. The summed E-state index contributed by atoms with van der Waals surface area (Å²) in [6.45, 7) is 12.9. The van der Waals surface area contributed by atoms with Gasteiger partial charge in [0.2, 0.25) is 5.91 Å². The Morgan fingerprint density at radius 1 is 1.04 bits per heavy atom. The SMILES string of the molecule is COCCCOc1cc(C[C@@H](C[C@H](NC(=O)OC(C)(C)C)[C@@H](O)C[C@@H](C)C(=O)NCCCc2nn[nH]n2)C(C)C)ccc1OC. The number of aromatic amines is 1. The number of carbonyl (C=O) groups excluding carboxylic acids is 2. The van der Waals surface area contributed by atoms with Gasteiger partial charge >= 0.3 is 6.09 Å². The van der Waals surface area contributed by atoms with Crippen LogP contribution in [-0.2, 0) is 27.1 Å². The zero-order valence-corrected chi connectivity index (χ0v) is 28.2. The van der Waals surface area contributed by atoms with Crippen LogP contribution in [0, 0.1) is 17.8 Å². The molecule has 0 saturated carbocycles. The van der Waals surface area contributed by atoms with E-state index in [0.717, 1.165) is 12.0 Å². The van der Waals surface area contributed by atoms with E-state index in [2.05, 4.69) is 45.1 Å². The Labute approximate surface area is 267 Å². The fourth-order valence-corrected chi connectivity index (χ4v) is 4.89. The fourth-order valence-electron chi connectivity index (χ4n) is 4.89. The van der Waals surface area contributed by atoms with Crippen molar-refractivity contribution in [3.05, 3.63) is 29.6 Å². The maximum absolute atomic E-state index is 12.9. The number of hydrogen-bond acceptors (Lipinski definition) is 10. The highest BCUT2D eigenvalue weighted by molar-refractivity contribution is 5.78. The number of aliphatic hydroxyl groups is 1. The molecule has 4 N–H and O–H groups in total. The molecular formula is C32H54N6O7. The number of H-pyrrole nitrogens is 1.